The zero-order valence-electron chi connectivity index (χ0n) is 13.4. The predicted octanol–water partition coefficient (Wildman–Crippen LogP) is 3.00. The highest BCUT2D eigenvalue weighted by Crippen LogP contribution is 2.38. The third-order valence-corrected chi connectivity index (χ3v) is 2.93. The number of hydrogen-bond acceptors (Lipinski definition) is 4. The molecule has 0 heterocycles. The molecular formula is C17H25NO3. The highest BCUT2D eigenvalue weighted by Gasteiger charge is 2.13. The van der Waals surface area contributed by atoms with Gasteiger partial charge in [0, 0.05) is 13.0 Å². The van der Waals surface area contributed by atoms with E-state index in [0.717, 1.165) is 25.1 Å². The summed E-state index contributed by atoms with van der Waals surface area (Å²) in [6, 6.07) is 3.96. The first kappa shape index (κ1) is 17.2. The van der Waals surface area contributed by atoms with Crippen molar-refractivity contribution in [2.45, 2.75) is 33.2 Å². The van der Waals surface area contributed by atoms with Gasteiger partial charge in [-0.1, -0.05) is 6.92 Å². The molecule has 4 nitrogen and oxygen atoms in total. The lowest BCUT2D eigenvalue weighted by Crippen LogP contribution is -2.14. The zero-order chi connectivity index (χ0) is 15.5. The second kappa shape index (κ2) is 9.95. The Hall–Kier alpha value is -1.86. The molecule has 0 amide bonds. The van der Waals surface area contributed by atoms with Gasteiger partial charge in [-0.3, -0.25) is 0 Å². The van der Waals surface area contributed by atoms with Crippen molar-refractivity contribution in [2.24, 2.45) is 0 Å². The fourth-order valence-electron chi connectivity index (χ4n) is 1.92. The molecule has 116 valence electrons. The monoisotopic (exact) mass is 291 g/mol. The molecule has 0 radical (unpaired) electrons. The van der Waals surface area contributed by atoms with E-state index in [1.807, 2.05) is 19.1 Å². The fourth-order valence-corrected chi connectivity index (χ4v) is 1.92. The standard InChI is InChI=1S/C17H25NO3/c1-5-7-8-10-21-17-15(19-3)11-14(12-16(17)20-4)13-18-9-6-2/h11-12,18H,6,8-10,13H2,1-4H3. The Kier molecular flexibility index (Phi) is 8.15. The van der Waals surface area contributed by atoms with Gasteiger partial charge >= 0.3 is 0 Å². The van der Waals surface area contributed by atoms with Crippen LogP contribution in [0.4, 0.5) is 0 Å². The third-order valence-electron chi connectivity index (χ3n) is 2.93. The second-order valence-electron chi connectivity index (χ2n) is 4.53. The highest BCUT2D eigenvalue weighted by molar-refractivity contribution is 5.53. The summed E-state index contributed by atoms with van der Waals surface area (Å²) in [6.07, 6.45) is 1.79. The lowest BCUT2D eigenvalue weighted by Gasteiger charge is -2.16. The lowest BCUT2D eigenvalue weighted by atomic mass is 10.1. The summed E-state index contributed by atoms with van der Waals surface area (Å²) < 4.78 is 16.6. The largest absolute Gasteiger partial charge is 0.493 e. The summed E-state index contributed by atoms with van der Waals surface area (Å²) >= 11 is 0. The maximum Gasteiger partial charge on any atom is 0.203 e. The van der Waals surface area contributed by atoms with Gasteiger partial charge in [0.05, 0.1) is 20.8 Å². The first-order valence-electron chi connectivity index (χ1n) is 7.24. The van der Waals surface area contributed by atoms with Crippen LogP contribution in [0.15, 0.2) is 12.1 Å². The molecular weight excluding hydrogens is 266 g/mol. The van der Waals surface area contributed by atoms with Gasteiger partial charge in [0.25, 0.3) is 0 Å². The van der Waals surface area contributed by atoms with Gasteiger partial charge < -0.3 is 19.5 Å². The molecule has 0 aromatic heterocycles. The minimum Gasteiger partial charge on any atom is -0.493 e. The van der Waals surface area contributed by atoms with E-state index in [1.165, 1.54) is 0 Å². The van der Waals surface area contributed by atoms with Crippen molar-refractivity contribution in [1.82, 2.24) is 5.32 Å². The van der Waals surface area contributed by atoms with Crippen LogP contribution in [-0.4, -0.2) is 27.4 Å². The number of ether oxygens (including phenoxy) is 3. The van der Waals surface area contributed by atoms with E-state index in [9.17, 15) is 0 Å². The lowest BCUT2D eigenvalue weighted by molar-refractivity contribution is 0.280. The summed E-state index contributed by atoms with van der Waals surface area (Å²) in [5.41, 5.74) is 1.11. The van der Waals surface area contributed by atoms with Crippen molar-refractivity contribution < 1.29 is 14.2 Å². The Morgan fingerprint density at radius 3 is 2.33 bits per heavy atom. The summed E-state index contributed by atoms with van der Waals surface area (Å²) in [5, 5.41) is 3.36. The van der Waals surface area contributed by atoms with Gasteiger partial charge in [-0.05, 0) is 37.6 Å². The SMILES string of the molecule is CC#CCCOc1c(OC)cc(CNCCC)cc1OC. The van der Waals surface area contributed by atoms with Gasteiger partial charge in [0.1, 0.15) is 0 Å². The summed E-state index contributed by atoms with van der Waals surface area (Å²) in [4.78, 5) is 0. The average Bonchev–Trinajstić information content (AvgIpc) is 2.51. The predicted molar refractivity (Wildman–Crippen MR) is 85.1 cm³/mol. The first-order valence-corrected chi connectivity index (χ1v) is 7.24. The first-order chi connectivity index (χ1) is 10.3. The zero-order valence-corrected chi connectivity index (χ0v) is 13.4. The van der Waals surface area contributed by atoms with Gasteiger partial charge in [0.2, 0.25) is 5.75 Å². The average molecular weight is 291 g/mol. The number of nitrogens with one attached hydrogen (secondary N) is 1. The van der Waals surface area contributed by atoms with E-state index < -0.39 is 0 Å². The molecule has 1 N–H and O–H groups in total. The summed E-state index contributed by atoms with van der Waals surface area (Å²) in [6.45, 7) is 6.24. The number of hydrogen-bond donors (Lipinski definition) is 1. The molecule has 0 aliphatic carbocycles. The highest BCUT2D eigenvalue weighted by atomic mass is 16.5. The van der Waals surface area contributed by atoms with Crippen LogP contribution < -0.4 is 19.5 Å². The third kappa shape index (κ3) is 5.57. The number of benzene rings is 1. The van der Waals surface area contributed by atoms with Crippen LogP contribution >= 0.6 is 0 Å². The van der Waals surface area contributed by atoms with Crippen molar-refractivity contribution >= 4 is 0 Å². The Morgan fingerprint density at radius 1 is 1.14 bits per heavy atom. The van der Waals surface area contributed by atoms with Crippen LogP contribution in [0.25, 0.3) is 0 Å². The number of rotatable bonds is 9. The minimum atomic E-state index is 0.515. The Morgan fingerprint density at radius 2 is 1.81 bits per heavy atom. The Bertz CT molecular complexity index is 464. The van der Waals surface area contributed by atoms with Crippen LogP contribution in [0.2, 0.25) is 0 Å². The molecule has 0 spiro atoms. The van der Waals surface area contributed by atoms with E-state index in [-0.39, 0.29) is 0 Å². The minimum absolute atomic E-state index is 0.515. The van der Waals surface area contributed by atoms with Crippen molar-refractivity contribution in [3.8, 4) is 29.1 Å². The fraction of sp³-hybridized carbons (Fsp3) is 0.529. The van der Waals surface area contributed by atoms with E-state index in [1.54, 1.807) is 14.2 Å². The second-order valence-corrected chi connectivity index (χ2v) is 4.53. The molecule has 1 rings (SSSR count). The molecule has 4 heteroatoms. The van der Waals surface area contributed by atoms with Crippen molar-refractivity contribution in [1.29, 1.82) is 0 Å². The van der Waals surface area contributed by atoms with E-state index in [0.29, 0.717) is 30.3 Å². The topological polar surface area (TPSA) is 39.7 Å². The summed E-state index contributed by atoms with van der Waals surface area (Å²) in [5.74, 6) is 7.83. The molecule has 0 fully saturated rings. The smallest absolute Gasteiger partial charge is 0.203 e. The molecule has 0 aliphatic rings. The molecule has 1 aromatic rings. The molecule has 0 saturated heterocycles. The molecule has 0 unspecified atom stereocenters. The molecule has 0 bridgehead atoms. The molecule has 0 saturated carbocycles. The normalized spacial score (nSPS) is 9.71. The van der Waals surface area contributed by atoms with Crippen LogP contribution in [-0.2, 0) is 6.54 Å². The van der Waals surface area contributed by atoms with Crippen LogP contribution in [0.1, 0.15) is 32.3 Å². The van der Waals surface area contributed by atoms with Gasteiger partial charge in [-0.15, -0.1) is 11.8 Å². The number of methoxy groups -OCH3 is 2. The van der Waals surface area contributed by atoms with Crippen LogP contribution in [0, 0.1) is 11.8 Å². The molecule has 0 atom stereocenters. The van der Waals surface area contributed by atoms with Gasteiger partial charge in [-0.25, -0.2) is 0 Å². The van der Waals surface area contributed by atoms with Gasteiger partial charge in [0.15, 0.2) is 11.5 Å². The van der Waals surface area contributed by atoms with E-state index >= 15 is 0 Å². The van der Waals surface area contributed by atoms with Crippen LogP contribution in [0.3, 0.4) is 0 Å². The van der Waals surface area contributed by atoms with Crippen LogP contribution in [0.5, 0.6) is 17.2 Å². The quantitative estimate of drug-likeness (QED) is 0.561. The van der Waals surface area contributed by atoms with Crippen molar-refractivity contribution in [3.63, 3.8) is 0 Å². The van der Waals surface area contributed by atoms with E-state index in [4.69, 9.17) is 14.2 Å². The van der Waals surface area contributed by atoms with Crippen molar-refractivity contribution in [3.05, 3.63) is 17.7 Å². The van der Waals surface area contributed by atoms with Crippen molar-refractivity contribution in [2.75, 3.05) is 27.4 Å². The Labute approximate surface area is 127 Å². The van der Waals surface area contributed by atoms with E-state index in [2.05, 4.69) is 24.1 Å². The summed E-state index contributed by atoms with van der Waals surface area (Å²) in [7, 11) is 3.27. The molecule has 1 aromatic carbocycles. The maximum atomic E-state index is 5.76. The Balaban J connectivity index is 2.86. The molecule has 0 aliphatic heterocycles. The molecule has 21 heavy (non-hydrogen) atoms. The van der Waals surface area contributed by atoms with Gasteiger partial charge in [-0.2, -0.15) is 0 Å². The maximum absolute atomic E-state index is 5.76.